The minimum absolute atomic E-state index is 0.400. The fourth-order valence-corrected chi connectivity index (χ4v) is 1.34. The number of rotatable bonds is 2. The van der Waals surface area contributed by atoms with Gasteiger partial charge in [-0.2, -0.15) is 0 Å². The zero-order valence-electron chi connectivity index (χ0n) is 5.63. The zero-order chi connectivity index (χ0) is 7.56. The van der Waals surface area contributed by atoms with Gasteiger partial charge in [-0.15, -0.1) is 11.3 Å². The minimum atomic E-state index is -0.440. The molecule has 2 N–H and O–H groups in total. The van der Waals surface area contributed by atoms with Crippen molar-refractivity contribution in [3.05, 3.63) is 16.1 Å². The van der Waals surface area contributed by atoms with Crippen molar-refractivity contribution in [1.82, 2.24) is 4.98 Å². The summed E-state index contributed by atoms with van der Waals surface area (Å²) in [7, 11) is 0. The average Bonchev–Trinajstić information content (AvgIpc) is 2.34. The lowest BCUT2D eigenvalue weighted by molar-refractivity contribution is 0.1000. The van der Waals surface area contributed by atoms with Gasteiger partial charge in [-0.1, -0.05) is 6.92 Å². The van der Waals surface area contributed by atoms with Crippen LogP contribution < -0.4 is 5.73 Å². The number of hydrogen-bond donors (Lipinski definition) is 1. The van der Waals surface area contributed by atoms with E-state index in [1.165, 1.54) is 11.3 Å². The average molecular weight is 156 g/mol. The van der Waals surface area contributed by atoms with Crippen LogP contribution in [0.3, 0.4) is 0 Å². The maximum absolute atomic E-state index is 10.5. The van der Waals surface area contributed by atoms with Gasteiger partial charge < -0.3 is 5.73 Å². The normalized spacial score (nSPS) is 9.70. The molecule has 0 aliphatic carbocycles. The molecule has 0 aromatic carbocycles. The summed E-state index contributed by atoms with van der Waals surface area (Å²) in [4.78, 5) is 14.5. The number of aryl methyl sites for hydroxylation is 1. The van der Waals surface area contributed by atoms with Gasteiger partial charge in [0, 0.05) is 5.38 Å². The lowest BCUT2D eigenvalue weighted by Gasteiger charge is -1.83. The summed E-state index contributed by atoms with van der Waals surface area (Å²) in [5, 5.41) is 2.25. The van der Waals surface area contributed by atoms with E-state index in [-0.39, 0.29) is 0 Å². The summed E-state index contributed by atoms with van der Waals surface area (Å²) in [6.45, 7) is 1.99. The summed E-state index contributed by atoms with van der Waals surface area (Å²) in [5.74, 6) is -0.440. The van der Waals surface area contributed by atoms with Gasteiger partial charge >= 0.3 is 0 Å². The van der Waals surface area contributed by atoms with E-state index < -0.39 is 5.91 Å². The third-order valence-corrected chi connectivity index (χ3v) is 2.03. The van der Waals surface area contributed by atoms with Crippen LogP contribution in [0.4, 0.5) is 0 Å². The number of primary amides is 1. The van der Waals surface area contributed by atoms with Crippen molar-refractivity contribution < 1.29 is 4.79 Å². The molecule has 0 saturated heterocycles. The van der Waals surface area contributed by atoms with Crippen molar-refractivity contribution in [2.45, 2.75) is 13.3 Å². The standard InChI is InChI=1S/C6H8N2OS/c1-2-4-3-10-6(8-4)5(7)9/h3H,2H2,1H3,(H2,7,9). The van der Waals surface area contributed by atoms with Gasteiger partial charge in [0.15, 0.2) is 5.01 Å². The molecule has 1 rings (SSSR count). The molecule has 4 heteroatoms. The molecule has 0 unspecified atom stereocenters. The summed E-state index contributed by atoms with van der Waals surface area (Å²) in [6, 6.07) is 0. The van der Waals surface area contributed by atoms with E-state index in [0.717, 1.165) is 12.1 Å². The molecule has 0 atom stereocenters. The summed E-state index contributed by atoms with van der Waals surface area (Å²) in [5.41, 5.74) is 5.92. The number of hydrogen-bond acceptors (Lipinski definition) is 3. The van der Waals surface area contributed by atoms with Crippen LogP contribution in [0.5, 0.6) is 0 Å². The first kappa shape index (κ1) is 7.21. The zero-order valence-corrected chi connectivity index (χ0v) is 6.44. The second kappa shape index (κ2) is 2.79. The monoisotopic (exact) mass is 156 g/mol. The molecule has 0 aliphatic rings. The van der Waals surface area contributed by atoms with E-state index in [4.69, 9.17) is 5.73 Å². The fourth-order valence-electron chi connectivity index (χ4n) is 0.583. The van der Waals surface area contributed by atoms with Gasteiger partial charge in [-0.3, -0.25) is 4.79 Å². The highest BCUT2D eigenvalue weighted by Crippen LogP contribution is 2.08. The van der Waals surface area contributed by atoms with Gasteiger partial charge in [0.2, 0.25) is 0 Å². The Bertz CT molecular complexity index is 244. The number of nitrogens with two attached hydrogens (primary N) is 1. The molecule has 0 saturated carbocycles. The fraction of sp³-hybridized carbons (Fsp3) is 0.333. The Hall–Kier alpha value is -0.900. The second-order valence-corrected chi connectivity index (χ2v) is 2.72. The maximum atomic E-state index is 10.5. The molecule has 54 valence electrons. The number of thiazole rings is 1. The van der Waals surface area contributed by atoms with E-state index in [9.17, 15) is 4.79 Å². The van der Waals surface area contributed by atoms with Crippen LogP contribution in [0.2, 0.25) is 0 Å². The maximum Gasteiger partial charge on any atom is 0.277 e. The molecule has 0 bridgehead atoms. The molecular formula is C6H8N2OS. The highest BCUT2D eigenvalue weighted by molar-refractivity contribution is 7.11. The minimum Gasteiger partial charge on any atom is -0.364 e. The largest absolute Gasteiger partial charge is 0.364 e. The van der Waals surface area contributed by atoms with Gasteiger partial charge in [-0.05, 0) is 6.42 Å². The molecule has 0 fully saturated rings. The van der Waals surface area contributed by atoms with Crippen LogP contribution in [0.15, 0.2) is 5.38 Å². The molecule has 0 aliphatic heterocycles. The smallest absolute Gasteiger partial charge is 0.277 e. The number of nitrogens with zero attached hydrogens (tertiary/aromatic N) is 1. The van der Waals surface area contributed by atoms with Crippen molar-refractivity contribution in [3.63, 3.8) is 0 Å². The Labute approximate surface area is 62.9 Å². The molecule has 10 heavy (non-hydrogen) atoms. The van der Waals surface area contributed by atoms with E-state index >= 15 is 0 Å². The summed E-state index contributed by atoms with van der Waals surface area (Å²) >= 11 is 1.30. The molecule has 3 nitrogen and oxygen atoms in total. The lowest BCUT2D eigenvalue weighted by Crippen LogP contribution is -2.10. The van der Waals surface area contributed by atoms with E-state index in [1.54, 1.807) is 0 Å². The number of amides is 1. The predicted octanol–water partition coefficient (Wildman–Crippen LogP) is 0.804. The third-order valence-electron chi connectivity index (χ3n) is 1.12. The predicted molar refractivity (Wildman–Crippen MR) is 40.0 cm³/mol. The first-order valence-electron chi connectivity index (χ1n) is 2.98. The van der Waals surface area contributed by atoms with Crippen molar-refractivity contribution >= 4 is 17.2 Å². The molecule has 0 radical (unpaired) electrons. The number of aromatic nitrogens is 1. The van der Waals surface area contributed by atoms with E-state index in [2.05, 4.69) is 4.98 Å². The molecule has 1 aromatic heterocycles. The first-order chi connectivity index (χ1) is 4.74. The van der Waals surface area contributed by atoms with Crippen molar-refractivity contribution in [3.8, 4) is 0 Å². The lowest BCUT2D eigenvalue weighted by atomic mass is 10.4. The van der Waals surface area contributed by atoms with Crippen LogP contribution in [-0.4, -0.2) is 10.9 Å². The highest BCUT2D eigenvalue weighted by atomic mass is 32.1. The molecule has 0 spiro atoms. The Balaban J connectivity index is 2.88. The summed E-state index contributed by atoms with van der Waals surface area (Å²) in [6.07, 6.45) is 0.851. The van der Waals surface area contributed by atoms with E-state index in [1.807, 2.05) is 12.3 Å². The molecule has 1 heterocycles. The quantitative estimate of drug-likeness (QED) is 0.688. The number of carbonyl (C=O) groups excluding carboxylic acids is 1. The Morgan fingerprint density at radius 2 is 2.60 bits per heavy atom. The van der Waals surface area contributed by atoms with E-state index in [0.29, 0.717) is 5.01 Å². The van der Waals surface area contributed by atoms with Gasteiger partial charge in [0.25, 0.3) is 5.91 Å². The van der Waals surface area contributed by atoms with Gasteiger partial charge in [0.05, 0.1) is 5.69 Å². The number of carbonyl (C=O) groups is 1. The summed E-state index contributed by atoms with van der Waals surface area (Å²) < 4.78 is 0. The van der Waals surface area contributed by atoms with Gasteiger partial charge in [-0.25, -0.2) is 4.98 Å². The van der Waals surface area contributed by atoms with Crippen molar-refractivity contribution in [2.75, 3.05) is 0 Å². The Kier molecular flexibility index (Phi) is 2.01. The van der Waals surface area contributed by atoms with Crippen LogP contribution in [0.1, 0.15) is 22.4 Å². The topological polar surface area (TPSA) is 56.0 Å². The first-order valence-corrected chi connectivity index (χ1v) is 3.86. The Morgan fingerprint density at radius 3 is 2.90 bits per heavy atom. The molecule has 1 aromatic rings. The third kappa shape index (κ3) is 1.33. The molecule has 1 amide bonds. The second-order valence-electron chi connectivity index (χ2n) is 1.86. The van der Waals surface area contributed by atoms with Crippen LogP contribution in [0.25, 0.3) is 0 Å². The van der Waals surface area contributed by atoms with Crippen molar-refractivity contribution in [2.24, 2.45) is 5.73 Å². The van der Waals surface area contributed by atoms with Gasteiger partial charge in [0.1, 0.15) is 0 Å². The Morgan fingerprint density at radius 1 is 1.90 bits per heavy atom. The SMILES string of the molecule is CCc1csc(C(N)=O)n1. The highest BCUT2D eigenvalue weighted by Gasteiger charge is 2.04. The molecular weight excluding hydrogens is 148 g/mol. The van der Waals surface area contributed by atoms with Crippen molar-refractivity contribution in [1.29, 1.82) is 0 Å². The van der Waals surface area contributed by atoms with Crippen LogP contribution in [0, 0.1) is 0 Å². The van der Waals surface area contributed by atoms with Crippen LogP contribution in [-0.2, 0) is 6.42 Å². The van der Waals surface area contributed by atoms with Crippen LogP contribution >= 0.6 is 11.3 Å².